The minimum atomic E-state index is -0.633. The molecule has 0 saturated carbocycles. The molecule has 0 fully saturated rings. The molecule has 0 aliphatic heterocycles. The van der Waals surface area contributed by atoms with Crippen molar-refractivity contribution in [1.82, 2.24) is 9.55 Å². The van der Waals surface area contributed by atoms with E-state index in [0.717, 1.165) is 18.9 Å². The molecule has 6 heteroatoms. The summed E-state index contributed by atoms with van der Waals surface area (Å²) in [4.78, 5) is 4.25. The van der Waals surface area contributed by atoms with Gasteiger partial charge in [0.1, 0.15) is 17.2 Å². The number of aromatic nitrogens is 2. The van der Waals surface area contributed by atoms with Gasteiger partial charge in [-0.2, -0.15) is 0 Å². The maximum Gasteiger partial charge on any atom is 0.153 e. The van der Waals surface area contributed by atoms with Crippen molar-refractivity contribution in [2.24, 2.45) is 0 Å². The highest BCUT2D eigenvalue weighted by molar-refractivity contribution is 6.17. The van der Waals surface area contributed by atoms with Gasteiger partial charge in [0.15, 0.2) is 5.82 Å². The summed E-state index contributed by atoms with van der Waals surface area (Å²) < 4.78 is 34.0. The molecule has 0 unspecified atom stereocenters. The number of methoxy groups -OCH3 is 1. The zero-order valence-corrected chi connectivity index (χ0v) is 12.1. The third-order valence-corrected chi connectivity index (χ3v) is 3.34. The van der Waals surface area contributed by atoms with Gasteiger partial charge in [-0.15, -0.1) is 11.6 Å². The fraction of sp³-hybridized carbons (Fsp3) is 0.500. The van der Waals surface area contributed by atoms with Gasteiger partial charge < -0.3 is 9.30 Å². The van der Waals surface area contributed by atoms with E-state index in [9.17, 15) is 8.78 Å². The number of hydrogen-bond acceptors (Lipinski definition) is 2. The standard InChI is InChI=1S/C14H17ClF2N2O/c1-20-7-3-2-6-19-12-9-10(16)8-11(17)14(12)18-13(19)4-5-15/h8-9H,2-7H2,1H3. The normalized spacial score (nSPS) is 11.4. The highest BCUT2D eigenvalue weighted by Gasteiger charge is 2.15. The van der Waals surface area contributed by atoms with Gasteiger partial charge in [-0.3, -0.25) is 0 Å². The Balaban J connectivity index is 2.34. The van der Waals surface area contributed by atoms with Crippen molar-refractivity contribution in [3.8, 4) is 0 Å². The van der Waals surface area contributed by atoms with Crippen LogP contribution in [0.25, 0.3) is 11.0 Å². The Bertz CT molecular complexity index is 586. The summed E-state index contributed by atoms with van der Waals surface area (Å²) in [6.07, 6.45) is 2.27. The van der Waals surface area contributed by atoms with Crippen LogP contribution in [0.5, 0.6) is 0 Å². The van der Waals surface area contributed by atoms with E-state index in [-0.39, 0.29) is 5.52 Å². The predicted molar refractivity (Wildman–Crippen MR) is 75.2 cm³/mol. The Morgan fingerprint density at radius 1 is 1.30 bits per heavy atom. The minimum Gasteiger partial charge on any atom is -0.385 e. The summed E-state index contributed by atoms with van der Waals surface area (Å²) >= 11 is 5.75. The summed E-state index contributed by atoms with van der Waals surface area (Å²) in [5, 5.41) is 0. The molecule has 0 spiro atoms. The van der Waals surface area contributed by atoms with Crippen molar-refractivity contribution in [3.05, 3.63) is 29.6 Å². The van der Waals surface area contributed by atoms with E-state index < -0.39 is 11.6 Å². The molecule has 1 aromatic heterocycles. The van der Waals surface area contributed by atoms with Crippen LogP contribution in [0.2, 0.25) is 0 Å². The molecular formula is C14H17ClF2N2O. The van der Waals surface area contributed by atoms with Crippen molar-refractivity contribution in [3.63, 3.8) is 0 Å². The number of rotatable bonds is 7. The molecule has 2 rings (SSSR count). The molecule has 0 aliphatic carbocycles. The van der Waals surface area contributed by atoms with E-state index in [2.05, 4.69) is 4.98 Å². The van der Waals surface area contributed by atoms with Crippen molar-refractivity contribution in [2.45, 2.75) is 25.8 Å². The van der Waals surface area contributed by atoms with Crippen LogP contribution in [0, 0.1) is 11.6 Å². The smallest absolute Gasteiger partial charge is 0.153 e. The molecular weight excluding hydrogens is 286 g/mol. The summed E-state index contributed by atoms with van der Waals surface area (Å²) in [7, 11) is 1.65. The average molecular weight is 303 g/mol. The topological polar surface area (TPSA) is 27.1 Å². The number of ether oxygens (including phenoxy) is 1. The van der Waals surface area contributed by atoms with Crippen LogP contribution in [0.4, 0.5) is 8.78 Å². The van der Waals surface area contributed by atoms with Gasteiger partial charge in [0.2, 0.25) is 0 Å². The Kier molecular flexibility index (Phi) is 5.31. The van der Waals surface area contributed by atoms with Crippen LogP contribution < -0.4 is 0 Å². The van der Waals surface area contributed by atoms with E-state index in [0.29, 0.717) is 36.8 Å². The number of aryl methyl sites for hydroxylation is 2. The molecule has 0 saturated heterocycles. The lowest BCUT2D eigenvalue weighted by atomic mass is 10.2. The molecule has 3 nitrogen and oxygen atoms in total. The highest BCUT2D eigenvalue weighted by atomic mass is 35.5. The molecule has 1 aromatic carbocycles. The third kappa shape index (κ3) is 3.27. The Morgan fingerprint density at radius 2 is 2.10 bits per heavy atom. The number of benzene rings is 1. The van der Waals surface area contributed by atoms with Gasteiger partial charge in [0.25, 0.3) is 0 Å². The number of unbranched alkanes of at least 4 members (excludes halogenated alkanes) is 1. The zero-order chi connectivity index (χ0) is 14.5. The molecule has 0 atom stereocenters. The number of nitrogens with zero attached hydrogens (tertiary/aromatic N) is 2. The van der Waals surface area contributed by atoms with Gasteiger partial charge in [0, 0.05) is 38.6 Å². The molecule has 110 valence electrons. The van der Waals surface area contributed by atoms with Crippen molar-refractivity contribution >= 4 is 22.6 Å². The Hall–Kier alpha value is -1.20. The highest BCUT2D eigenvalue weighted by Crippen LogP contribution is 2.22. The quantitative estimate of drug-likeness (QED) is 0.578. The van der Waals surface area contributed by atoms with Crippen molar-refractivity contribution in [2.75, 3.05) is 19.6 Å². The van der Waals surface area contributed by atoms with E-state index >= 15 is 0 Å². The van der Waals surface area contributed by atoms with Crippen LogP contribution >= 0.6 is 11.6 Å². The van der Waals surface area contributed by atoms with Crippen LogP contribution in [-0.2, 0) is 17.7 Å². The van der Waals surface area contributed by atoms with Gasteiger partial charge in [-0.1, -0.05) is 0 Å². The summed E-state index contributed by atoms with van der Waals surface area (Å²) in [5.74, 6) is -0.139. The van der Waals surface area contributed by atoms with E-state index in [1.807, 2.05) is 4.57 Å². The first-order valence-electron chi connectivity index (χ1n) is 6.56. The molecule has 0 radical (unpaired) electrons. The van der Waals surface area contributed by atoms with Gasteiger partial charge in [-0.05, 0) is 18.9 Å². The molecule has 0 amide bonds. The summed E-state index contributed by atoms with van der Waals surface area (Å²) in [6.45, 7) is 1.31. The van der Waals surface area contributed by atoms with E-state index in [1.165, 1.54) is 6.07 Å². The van der Waals surface area contributed by atoms with Crippen molar-refractivity contribution in [1.29, 1.82) is 0 Å². The number of halogens is 3. The summed E-state index contributed by atoms with van der Waals surface area (Å²) in [5.41, 5.74) is 0.693. The fourth-order valence-corrected chi connectivity index (χ4v) is 2.41. The largest absolute Gasteiger partial charge is 0.385 e. The molecule has 0 bridgehead atoms. The molecule has 1 heterocycles. The molecule has 2 aromatic rings. The van der Waals surface area contributed by atoms with E-state index in [4.69, 9.17) is 16.3 Å². The van der Waals surface area contributed by atoms with E-state index in [1.54, 1.807) is 7.11 Å². The second-order valence-corrected chi connectivity index (χ2v) is 4.95. The number of fused-ring (bicyclic) bond motifs is 1. The van der Waals surface area contributed by atoms with Gasteiger partial charge in [0.05, 0.1) is 5.52 Å². The number of imidazole rings is 1. The first-order chi connectivity index (χ1) is 9.67. The Morgan fingerprint density at radius 3 is 2.80 bits per heavy atom. The van der Waals surface area contributed by atoms with Crippen LogP contribution in [0.1, 0.15) is 18.7 Å². The number of alkyl halides is 1. The van der Waals surface area contributed by atoms with Crippen LogP contribution in [0.3, 0.4) is 0 Å². The maximum atomic E-state index is 13.8. The van der Waals surface area contributed by atoms with Crippen LogP contribution in [-0.4, -0.2) is 29.1 Å². The molecule has 0 aliphatic rings. The predicted octanol–water partition coefficient (Wildman–Crippen LogP) is 3.52. The average Bonchev–Trinajstić information content (AvgIpc) is 2.74. The van der Waals surface area contributed by atoms with Crippen LogP contribution in [0.15, 0.2) is 12.1 Å². The Labute approximate surface area is 121 Å². The second kappa shape index (κ2) is 6.99. The number of hydrogen-bond donors (Lipinski definition) is 0. The zero-order valence-electron chi connectivity index (χ0n) is 11.3. The maximum absolute atomic E-state index is 13.8. The third-order valence-electron chi connectivity index (χ3n) is 3.15. The first kappa shape index (κ1) is 15.2. The molecule has 20 heavy (non-hydrogen) atoms. The van der Waals surface area contributed by atoms with Crippen molar-refractivity contribution < 1.29 is 13.5 Å². The SMILES string of the molecule is COCCCCn1c(CCCl)nc2c(F)cc(F)cc21. The monoisotopic (exact) mass is 302 g/mol. The lowest BCUT2D eigenvalue weighted by Gasteiger charge is -2.08. The lowest BCUT2D eigenvalue weighted by Crippen LogP contribution is -2.06. The second-order valence-electron chi connectivity index (χ2n) is 4.57. The minimum absolute atomic E-state index is 0.207. The summed E-state index contributed by atoms with van der Waals surface area (Å²) in [6, 6.07) is 2.18. The van der Waals surface area contributed by atoms with Gasteiger partial charge in [-0.25, -0.2) is 13.8 Å². The molecule has 0 N–H and O–H groups in total. The lowest BCUT2D eigenvalue weighted by molar-refractivity contribution is 0.191. The first-order valence-corrected chi connectivity index (χ1v) is 7.10. The van der Waals surface area contributed by atoms with Gasteiger partial charge >= 0.3 is 0 Å². The fourth-order valence-electron chi connectivity index (χ4n) is 2.24.